The number of aromatic amines is 1. The van der Waals surface area contributed by atoms with Gasteiger partial charge in [-0.3, -0.25) is 9.36 Å². The lowest BCUT2D eigenvalue weighted by Crippen LogP contribution is -2.40. The van der Waals surface area contributed by atoms with Gasteiger partial charge in [-0.05, 0) is 36.8 Å². The van der Waals surface area contributed by atoms with E-state index in [1.54, 1.807) is 18.6 Å². The molecule has 1 atom stereocenters. The third kappa shape index (κ3) is 4.38. The molecule has 0 aliphatic carbocycles. The molecule has 0 saturated heterocycles. The third-order valence-electron chi connectivity index (χ3n) is 6.69. The number of carbonyl (C=O) groups is 1. The number of thiazole rings is 1. The standard InChI is InChI=1S/C31H25N3O4S/c1-3-38-30(36)26-27(19-10-5-4-6-11-19)33-31-34(28(26)20-12-9-13-22(16-20)37-2)29(35)25(39-31)17-21-18-32-24-15-8-7-14-23(21)24/h4-18,28,32H,3H2,1-2H3/t28-/m0/s1. The van der Waals surface area contributed by atoms with Crippen LogP contribution in [0.25, 0.3) is 22.7 Å². The van der Waals surface area contributed by atoms with E-state index in [1.807, 2.05) is 91.1 Å². The second-order valence-electron chi connectivity index (χ2n) is 9.00. The van der Waals surface area contributed by atoms with Crippen LogP contribution in [-0.2, 0) is 9.53 Å². The first-order chi connectivity index (χ1) is 19.1. The zero-order valence-electron chi connectivity index (χ0n) is 21.4. The highest BCUT2D eigenvalue weighted by molar-refractivity contribution is 7.07. The molecule has 0 unspecified atom stereocenters. The number of esters is 1. The molecule has 0 saturated carbocycles. The molecule has 39 heavy (non-hydrogen) atoms. The van der Waals surface area contributed by atoms with Crippen molar-refractivity contribution in [2.75, 3.05) is 13.7 Å². The van der Waals surface area contributed by atoms with E-state index in [0.717, 1.165) is 27.6 Å². The molecule has 2 aromatic heterocycles. The number of H-pyrrole nitrogens is 1. The van der Waals surface area contributed by atoms with Crippen LogP contribution >= 0.6 is 11.3 Å². The zero-order valence-corrected chi connectivity index (χ0v) is 22.2. The summed E-state index contributed by atoms with van der Waals surface area (Å²) < 4.78 is 13.1. The minimum atomic E-state index is -0.754. The highest BCUT2D eigenvalue weighted by Gasteiger charge is 2.35. The predicted molar refractivity (Wildman–Crippen MR) is 152 cm³/mol. The first kappa shape index (κ1) is 24.6. The lowest BCUT2D eigenvalue weighted by Gasteiger charge is -2.26. The Morgan fingerprint density at radius 3 is 2.67 bits per heavy atom. The summed E-state index contributed by atoms with van der Waals surface area (Å²) in [4.78, 5) is 36.3. The molecule has 0 amide bonds. The van der Waals surface area contributed by atoms with Crippen LogP contribution in [0.1, 0.15) is 29.7 Å². The van der Waals surface area contributed by atoms with Crippen molar-refractivity contribution >= 4 is 40.0 Å². The summed E-state index contributed by atoms with van der Waals surface area (Å²) in [6, 6.07) is 24.1. The largest absolute Gasteiger partial charge is 0.497 e. The number of benzene rings is 3. The molecule has 0 radical (unpaired) electrons. The van der Waals surface area contributed by atoms with Gasteiger partial charge in [0.25, 0.3) is 5.56 Å². The first-order valence-corrected chi connectivity index (χ1v) is 13.4. The minimum Gasteiger partial charge on any atom is -0.497 e. The molecule has 1 N–H and O–H groups in total. The maximum atomic E-state index is 14.0. The molecule has 5 aromatic rings. The van der Waals surface area contributed by atoms with Gasteiger partial charge in [-0.2, -0.15) is 0 Å². The van der Waals surface area contributed by atoms with Crippen molar-refractivity contribution < 1.29 is 14.3 Å². The number of hydrogen-bond acceptors (Lipinski definition) is 6. The fourth-order valence-corrected chi connectivity index (χ4v) is 5.91. The number of nitrogens with one attached hydrogen (secondary N) is 1. The second kappa shape index (κ2) is 10.2. The minimum absolute atomic E-state index is 0.195. The molecule has 8 heteroatoms. The molecule has 1 aliphatic heterocycles. The van der Waals surface area contributed by atoms with E-state index in [9.17, 15) is 9.59 Å². The average molecular weight is 536 g/mol. The van der Waals surface area contributed by atoms with E-state index < -0.39 is 12.0 Å². The quantitative estimate of drug-likeness (QED) is 0.326. The number of para-hydroxylation sites is 1. The summed E-state index contributed by atoms with van der Waals surface area (Å²) in [7, 11) is 1.59. The van der Waals surface area contributed by atoms with Gasteiger partial charge in [-0.25, -0.2) is 9.79 Å². The van der Waals surface area contributed by atoms with Gasteiger partial charge in [0.2, 0.25) is 0 Å². The van der Waals surface area contributed by atoms with Crippen LogP contribution in [0, 0.1) is 0 Å². The number of methoxy groups -OCH3 is 1. The van der Waals surface area contributed by atoms with Gasteiger partial charge in [-0.1, -0.05) is 72.0 Å². The van der Waals surface area contributed by atoms with Gasteiger partial charge in [0.15, 0.2) is 4.80 Å². The van der Waals surface area contributed by atoms with Gasteiger partial charge in [-0.15, -0.1) is 0 Å². The number of hydrogen-bond donors (Lipinski definition) is 1. The van der Waals surface area contributed by atoms with E-state index in [-0.39, 0.29) is 12.2 Å². The van der Waals surface area contributed by atoms with Crippen LogP contribution in [0.5, 0.6) is 5.75 Å². The van der Waals surface area contributed by atoms with Crippen molar-refractivity contribution in [3.63, 3.8) is 0 Å². The summed E-state index contributed by atoms with van der Waals surface area (Å²) >= 11 is 1.30. The van der Waals surface area contributed by atoms with Crippen LogP contribution in [0.4, 0.5) is 0 Å². The Bertz CT molecular complexity index is 1910. The highest BCUT2D eigenvalue weighted by Crippen LogP contribution is 2.36. The Morgan fingerprint density at radius 2 is 1.87 bits per heavy atom. The summed E-state index contributed by atoms with van der Waals surface area (Å²) in [5, 5.41) is 1.02. The van der Waals surface area contributed by atoms with Gasteiger partial charge in [0.1, 0.15) is 5.75 Å². The summed E-state index contributed by atoms with van der Waals surface area (Å²) in [6.07, 6.45) is 3.77. The topological polar surface area (TPSA) is 85.7 Å². The molecule has 194 valence electrons. The van der Waals surface area contributed by atoms with E-state index in [1.165, 1.54) is 11.3 Å². The van der Waals surface area contributed by atoms with Crippen molar-refractivity contribution in [1.82, 2.24) is 9.55 Å². The second-order valence-corrected chi connectivity index (χ2v) is 10.0. The molecule has 1 aliphatic rings. The number of aromatic nitrogens is 2. The monoisotopic (exact) mass is 535 g/mol. The fraction of sp³-hybridized carbons (Fsp3) is 0.129. The van der Waals surface area contributed by atoms with E-state index >= 15 is 0 Å². The van der Waals surface area contributed by atoms with Crippen molar-refractivity contribution in [2.24, 2.45) is 4.99 Å². The average Bonchev–Trinajstić information content (AvgIpc) is 3.53. The van der Waals surface area contributed by atoms with Crippen LogP contribution in [-0.4, -0.2) is 29.2 Å². The normalized spacial score (nSPS) is 15.2. The third-order valence-corrected chi connectivity index (χ3v) is 7.67. The fourth-order valence-electron chi connectivity index (χ4n) is 4.92. The molecule has 0 fully saturated rings. The molecular formula is C31H25N3O4S. The molecule has 3 aromatic carbocycles. The van der Waals surface area contributed by atoms with Crippen LogP contribution in [0.3, 0.4) is 0 Å². The Morgan fingerprint density at radius 1 is 1.08 bits per heavy atom. The van der Waals surface area contributed by atoms with Gasteiger partial charge in [0, 0.05) is 28.2 Å². The molecule has 3 heterocycles. The summed E-state index contributed by atoms with van der Waals surface area (Å²) in [5.74, 6) is 0.105. The Balaban J connectivity index is 1.66. The van der Waals surface area contributed by atoms with Gasteiger partial charge >= 0.3 is 5.97 Å². The van der Waals surface area contributed by atoms with Crippen molar-refractivity contribution in [2.45, 2.75) is 13.0 Å². The van der Waals surface area contributed by atoms with Crippen molar-refractivity contribution in [1.29, 1.82) is 0 Å². The smallest absolute Gasteiger partial charge is 0.338 e. The number of rotatable bonds is 6. The first-order valence-electron chi connectivity index (χ1n) is 12.6. The van der Waals surface area contributed by atoms with Crippen LogP contribution in [0.15, 0.2) is 100 Å². The molecule has 6 rings (SSSR count). The maximum Gasteiger partial charge on any atom is 0.338 e. The van der Waals surface area contributed by atoms with Gasteiger partial charge in [0.05, 0.1) is 35.6 Å². The van der Waals surface area contributed by atoms with Crippen molar-refractivity contribution in [3.8, 4) is 5.75 Å². The van der Waals surface area contributed by atoms with E-state index in [2.05, 4.69) is 4.98 Å². The Kier molecular flexibility index (Phi) is 6.46. The van der Waals surface area contributed by atoms with Crippen LogP contribution in [0.2, 0.25) is 0 Å². The van der Waals surface area contributed by atoms with Crippen molar-refractivity contribution in [3.05, 3.63) is 127 Å². The molecular weight excluding hydrogens is 510 g/mol. The predicted octanol–water partition coefficient (Wildman–Crippen LogP) is 4.43. The highest BCUT2D eigenvalue weighted by atomic mass is 32.1. The number of nitrogens with zero attached hydrogens (tertiary/aromatic N) is 2. The van der Waals surface area contributed by atoms with Gasteiger partial charge < -0.3 is 14.5 Å². The van der Waals surface area contributed by atoms with E-state index in [0.29, 0.717) is 26.4 Å². The van der Waals surface area contributed by atoms with Crippen LogP contribution < -0.4 is 19.6 Å². The number of ether oxygens (including phenoxy) is 2. The Labute approximate surface area is 228 Å². The number of carbonyl (C=O) groups excluding carboxylic acids is 1. The summed E-state index contributed by atoms with van der Waals surface area (Å²) in [6.45, 7) is 1.96. The zero-order chi connectivity index (χ0) is 26.9. The lowest BCUT2D eigenvalue weighted by molar-refractivity contribution is -0.138. The Hall–Kier alpha value is -4.69. The molecule has 0 bridgehead atoms. The molecule has 0 spiro atoms. The number of fused-ring (bicyclic) bond motifs is 2. The maximum absolute atomic E-state index is 14.0. The summed E-state index contributed by atoms with van der Waals surface area (Å²) in [5.41, 5.74) is 3.95. The lowest BCUT2D eigenvalue weighted by atomic mass is 9.93. The van der Waals surface area contributed by atoms with E-state index in [4.69, 9.17) is 14.5 Å². The molecule has 7 nitrogen and oxygen atoms in total. The SMILES string of the molecule is CCOC(=O)C1=C(c2ccccc2)N=c2sc(=Cc3c[nH]c4ccccc34)c(=O)n2[C@H]1c1cccc(OC)c1.